The van der Waals surface area contributed by atoms with Crippen molar-refractivity contribution in [2.45, 2.75) is 30.3 Å². The molecule has 0 N–H and O–H groups in total. The summed E-state index contributed by atoms with van der Waals surface area (Å²) in [4.78, 5) is 2.86. The fourth-order valence-corrected chi connectivity index (χ4v) is 5.27. The first-order chi connectivity index (χ1) is 15.5. The van der Waals surface area contributed by atoms with E-state index in [-0.39, 0.29) is 0 Å². The fraction of sp³-hybridized carbons (Fsp3) is 0.308. The highest BCUT2D eigenvalue weighted by atomic mass is 32.2. The second kappa shape index (κ2) is 8.60. The third-order valence-corrected chi connectivity index (χ3v) is 7.36. The molecule has 3 aromatic rings. The van der Waals surface area contributed by atoms with Crippen molar-refractivity contribution in [1.29, 1.82) is 0 Å². The van der Waals surface area contributed by atoms with Crippen LogP contribution in [0.5, 0.6) is 11.5 Å². The third-order valence-electron chi connectivity index (χ3n) is 6.25. The zero-order chi connectivity index (χ0) is 22.1. The highest BCUT2D eigenvalue weighted by Gasteiger charge is 2.27. The summed E-state index contributed by atoms with van der Waals surface area (Å²) in [5, 5.41) is 0. The molecule has 2 heterocycles. The van der Waals surface area contributed by atoms with E-state index in [0.29, 0.717) is 24.2 Å². The van der Waals surface area contributed by atoms with Crippen molar-refractivity contribution in [2.75, 3.05) is 26.0 Å². The molecule has 2 aliphatic rings. The van der Waals surface area contributed by atoms with E-state index in [1.165, 1.54) is 23.8 Å². The van der Waals surface area contributed by atoms with Crippen molar-refractivity contribution in [3.63, 3.8) is 0 Å². The monoisotopic (exact) mass is 449 g/mol. The number of hydrogen-bond acceptors (Lipinski definition) is 5. The maximum absolute atomic E-state index is 11.9. The number of rotatable bonds is 5. The van der Waals surface area contributed by atoms with Gasteiger partial charge in [0.1, 0.15) is 13.2 Å². The minimum atomic E-state index is -3.22. The molecule has 0 spiro atoms. The van der Waals surface area contributed by atoms with Crippen LogP contribution in [0, 0.1) is 0 Å². The molecule has 1 fully saturated rings. The average molecular weight is 450 g/mol. The average Bonchev–Trinajstić information content (AvgIpc) is 3.27. The SMILES string of the molecule is CS(=O)(=O)c1cccc(-c2ccc(CN3CCC[C@@H]3c3ccc4c(c3)OCCO4)cc2)c1. The van der Waals surface area contributed by atoms with Gasteiger partial charge in [-0.1, -0.05) is 42.5 Å². The van der Waals surface area contributed by atoms with Gasteiger partial charge in [-0.3, -0.25) is 4.90 Å². The molecule has 5 rings (SSSR count). The normalized spacial score (nSPS) is 18.6. The Bertz CT molecular complexity index is 1220. The van der Waals surface area contributed by atoms with Crippen LogP contribution in [0.3, 0.4) is 0 Å². The predicted octanol–water partition coefficient (Wildman–Crippen LogP) is 4.87. The van der Waals surface area contributed by atoms with Gasteiger partial charge in [0.2, 0.25) is 0 Å². The topological polar surface area (TPSA) is 55.8 Å². The first-order valence-corrected chi connectivity index (χ1v) is 12.9. The Kier molecular flexibility index (Phi) is 5.66. The van der Waals surface area contributed by atoms with E-state index < -0.39 is 9.84 Å². The van der Waals surface area contributed by atoms with Crippen LogP contribution in [0.25, 0.3) is 11.1 Å². The molecule has 0 saturated carbocycles. The summed E-state index contributed by atoms with van der Waals surface area (Å²) in [6.07, 6.45) is 3.55. The quantitative estimate of drug-likeness (QED) is 0.557. The van der Waals surface area contributed by atoms with Gasteiger partial charge in [-0.15, -0.1) is 0 Å². The van der Waals surface area contributed by atoms with E-state index in [0.717, 1.165) is 42.1 Å². The molecule has 32 heavy (non-hydrogen) atoms. The van der Waals surface area contributed by atoms with Gasteiger partial charge in [-0.05, 0) is 65.9 Å². The van der Waals surface area contributed by atoms with E-state index >= 15 is 0 Å². The molecule has 5 nitrogen and oxygen atoms in total. The summed E-state index contributed by atoms with van der Waals surface area (Å²) in [5.74, 6) is 1.68. The highest BCUT2D eigenvalue weighted by Crippen LogP contribution is 2.38. The van der Waals surface area contributed by atoms with Crippen LogP contribution < -0.4 is 9.47 Å². The number of likely N-dealkylation sites (tertiary alicyclic amines) is 1. The lowest BCUT2D eigenvalue weighted by atomic mass is 10.0. The Morgan fingerprint density at radius 3 is 2.47 bits per heavy atom. The van der Waals surface area contributed by atoms with E-state index in [4.69, 9.17) is 9.47 Å². The summed E-state index contributed by atoms with van der Waals surface area (Å²) < 4.78 is 35.2. The van der Waals surface area contributed by atoms with Crippen LogP contribution in [-0.4, -0.2) is 39.3 Å². The Morgan fingerprint density at radius 2 is 1.69 bits per heavy atom. The molecule has 0 aliphatic carbocycles. The first-order valence-electron chi connectivity index (χ1n) is 11.0. The molecule has 0 bridgehead atoms. The third kappa shape index (κ3) is 4.38. The van der Waals surface area contributed by atoms with Crippen LogP contribution in [0.2, 0.25) is 0 Å². The molecular weight excluding hydrogens is 422 g/mol. The van der Waals surface area contributed by atoms with Crippen molar-refractivity contribution in [1.82, 2.24) is 4.90 Å². The van der Waals surface area contributed by atoms with E-state index in [1.807, 2.05) is 12.1 Å². The summed E-state index contributed by atoms with van der Waals surface area (Å²) >= 11 is 0. The lowest BCUT2D eigenvalue weighted by Crippen LogP contribution is -2.23. The largest absolute Gasteiger partial charge is 0.486 e. The van der Waals surface area contributed by atoms with Crippen LogP contribution in [-0.2, 0) is 16.4 Å². The minimum absolute atomic E-state index is 0.346. The lowest BCUT2D eigenvalue weighted by molar-refractivity contribution is 0.170. The van der Waals surface area contributed by atoms with Gasteiger partial charge in [0, 0.05) is 18.8 Å². The number of nitrogens with zero attached hydrogens (tertiary/aromatic N) is 1. The van der Waals surface area contributed by atoms with Crippen molar-refractivity contribution in [3.8, 4) is 22.6 Å². The predicted molar refractivity (Wildman–Crippen MR) is 125 cm³/mol. The molecular formula is C26H27NO4S. The molecule has 0 unspecified atom stereocenters. The van der Waals surface area contributed by atoms with Crippen molar-refractivity contribution >= 4 is 9.84 Å². The Balaban J connectivity index is 1.32. The Labute approximate surface area is 189 Å². The minimum Gasteiger partial charge on any atom is -0.486 e. The molecule has 6 heteroatoms. The van der Waals surface area contributed by atoms with Gasteiger partial charge in [0.05, 0.1) is 4.90 Å². The molecule has 3 aromatic carbocycles. The lowest BCUT2D eigenvalue weighted by Gasteiger charge is -2.26. The van der Waals surface area contributed by atoms with Crippen LogP contribution >= 0.6 is 0 Å². The first kappa shape index (κ1) is 21.0. The molecule has 0 aromatic heterocycles. The van der Waals surface area contributed by atoms with Crippen LogP contribution in [0.1, 0.15) is 30.0 Å². The van der Waals surface area contributed by atoms with Gasteiger partial charge in [-0.25, -0.2) is 8.42 Å². The van der Waals surface area contributed by atoms with Crippen LogP contribution in [0.4, 0.5) is 0 Å². The number of fused-ring (bicyclic) bond motifs is 1. The van der Waals surface area contributed by atoms with Crippen molar-refractivity contribution < 1.29 is 17.9 Å². The second-order valence-corrected chi connectivity index (χ2v) is 10.5. The molecule has 2 aliphatic heterocycles. The van der Waals surface area contributed by atoms with Crippen molar-refractivity contribution in [3.05, 3.63) is 77.9 Å². The number of hydrogen-bond donors (Lipinski definition) is 0. The molecule has 0 amide bonds. The van der Waals surface area contributed by atoms with Gasteiger partial charge < -0.3 is 9.47 Å². The molecule has 1 saturated heterocycles. The summed E-state index contributed by atoms with van der Waals surface area (Å²) in [6.45, 7) is 3.15. The van der Waals surface area contributed by atoms with Gasteiger partial charge in [-0.2, -0.15) is 0 Å². The number of benzene rings is 3. The van der Waals surface area contributed by atoms with Gasteiger partial charge >= 0.3 is 0 Å². The van der Waals surface area contributed by atoms with Gasteiger partial charge in [0.25, 0.3) is 0 Å². The maximum Gasteiger partial charge on any atom is 0.175 e. The van der Waals surface area contributed by atoms with E-state index in [9.17, 15) is 8.42 Å². The zero-order valence-electron chi connectivity index (χ0n) is 18.2. The summed E-state index contributed by atoms with van der Waals surface area (Å²) in [6, 6.07) is 22.2. The molecule has 1 atom stereocenters. The Hall–Kier alpha value is -2.83. The summed E-state index contributed by atoms with van der Waals surface area (Å²) in [7, 11) is -3.22. The second-order valence-electron chi connectivity index (χ2n) is 8.53. The molecule has 166 valence electrons. The van der Waals surface area contributed by atoms with Crippen molar-refractivity contribution in [2.24, 2.45) is 0 Å². The summed E-state index contributed by atoms with van der Waals surface area (Å²) in [5.41, 5.74) is 4.46. The van der Waals surface area contributed by atoms with E-state index in [2.05, 4.69) is 41.3 Å². The van der Waals surface area contributed by atoms with Gasteiger partial charge in [0.15, 0.2) is 21.3 Å². The smallest absolute Gasteiger partial charge is 0.175 e. The Morgan fingerprint density at radius 1 is 0.906 bits per heavy atom. The standard InChI is InChI=1S/C26H27NO4S/c1-32(28,29)23-5-2-4-21(16-23)20-9-7-19(8-10-20)18-27-13-3-6-24(27)22-11-12-25-26(17-22)31-15-14-30-25/h2,4-5,7-12,16-17,24H,3,6,13-15,18H2,1H3/t24-/m1/s1. The number of sulfone groups is 1. The molecule has 0 radical (unpaired) electrons. The highest BCUT2D eigenvalue weighted by molar-refractivity contribution is 7.90. The maximum atomic E-state index is 11.9. The fourth-order valence-electron chi connectivity index (χ4n) is 4.60. The number of ether oxygens (including phenoxy) is 2. The zero-order valence-corrected chi connectivity index (χ0v) is 19.0. The van der Waals surface area contributed by atoms with E-state index in [1.54, 1.807) is 18.2 Å². The van der Waals surface area contributed by atoms with Crippen LogP contribution in [0.15, 0.2) is 71.6 Å².